The maximum Gasteiger partial charge on any atom is 0.434 e. The van der Waals surface area contributed by atoms with E-state index < -0.39 is 52.6 Å². The highest BCUT2D eigenvalue weighted by Crippen LogP contribution is 2.39. The van der Waals surface area contributed by atoms with Gasteiger partial charge in [0.15, 0.2) is 17.0 Å². The summed E-state index contributed by atoms with van der Waals surface area (Å²) in [6, 6.07) is 9.90. The number of pyridine rings is 2. The summed E-state index contributed by atoms with van der Waals surface area (Å²) >= 11 is 5.82. The Kier molecular flexibility index (Phi) is 10.3. The molecule has 21 heteroatoms. The summed E-state index contributed by atoms with van der Waals surface area (Å²) in [6.45, 7) is 0.742. The fourth-order valence-electron chi connectivity index (χ4n) is 5.68. The van der Waals surface area contributed by atoms with Gasteiger partial charge in [-0.05, 0) is 24.3 Å². The average Bonchev–Trinajstić information content (AvgIpc) is 3.72. The quantitative estimate of drug-likeness (QED) is 0.143. The minimum atomic E-state index is -4.64. The summed E-state index contributed by atoms with van der Waals surface area (Å²) in [5.74, 6) is -5.15. The van der Waals surface area contributed by atoms with E-state index in [-0.39, 0.29) is 30.1 Å². The maximum atomic E-state index is 14.7. The van der Waals surface area contributed by atoms with Crippen molar-refractivity contribution in [3.63, 3.8) is 0 Å². The summed E-state index contributed by atoms with van der Waals surface area (Å²) in [7, 11) is -3.66. The Hall–Kier alpha value is -4.95. The van der Waals surface area contributed by atoms with Crippen molar-refractivity contribution in [1.29, 1.82) is 0 Å². The van der Waals surface area contributed by atoms with Crippen LogP contribution in [0.3, 0.4) is 0 Å². The van der Waals surface area contributed by atoms with Crippen molar-refractivity contribution in [2.24, 2.45) is 11.8 Å². The fourth-order valence-corrected chi connectivity index (χ4v) is 6.35. The molecule has 6 aromatic heterocycles. The van der Waals surface area contributed by atoms with Gasteiger partial charge in [-0.15, -0.1) is 0 Å². The molecule has 7 heterocycles. The molecule has 1 fully saturated rings. The zero-order chi connectivity index (χ0) is 38.3. The molecule has 280 valence electrons. The van der Waals surface area contributed by atoms with E-state index in [0.29, 0.717) is 33.7 Å². The first-order valence-corrected chi connectivity index (χ1v) is 17.9. The Labute approximate surface area is 301 Å². The number of anilines is 1. The molecular formula is C32H28ClF7N10O2S. The van der Waals surface area contributed by atoms with Gasteiger partial charge in [-0.1, -0.05) is 30.7 Å². The molecule has 53 heavy (non-hydrogen) atoms. The Morgan fingerprint density at radius 1 is 0.887 bits per heavy atom. The smallest absolute Gasteiger partial charge is 0.356 e. The summed E-state index contributed by atoms with van der Waals surface area (Å²) < 4.78 is 122. The third-order valence-electron chi connectivity index (χ3n) is 8.35. The van der Waals surface area contributed by atoms with Crippen LogP contribution in [0.4, 0.5) is 36.6 Å². The van der Waals surface area contributed by atoms with Gasteiger partial charge in [0.1, 0.15) is 16.7 Å². The van der Waals surface area contributed by atoms with Gasteiger partial charge in [0, 0.05) is 37.9 Å². The number of hydrogen-bond acceptors (Lipinski definition) is 9. The molecule has 0 amide bonds. The van der Waals surface area contributed by atoms with Crippen molar-refractivity contribution in [3.8, 4) is 22.8 Å². The predicted octanol–water partition coefficient (Wildman–Crippen LogP) is 6.45. The highest BCUT2D eigenvalue weighted by molar-refractivity contribution is 7.88. The molecule has 1 aliphatic heterocycles. The Bertz CT molecular complexity index is 2370. The molecule has 0 bridgehead atoms. The van der Waals surface area contributed by atoms with Crippen molar-refractivity contribution in [2.45, 2.75) is 25.4 Å². The Morgan fingerprint density at radius 3 is 2.09 bits per heavy atom. The molecule has 1 N–H and O–H groups in total. The van der Waals surface area contributed by atoms with Gasteiger partial charge in [-0.25, -0.2) is 60.6 Å². The number of rotatable bonds is 7. The first-order valence-electron chi connectivity index (χ1n) is 15.6. The SMILES string of the molecule is C[C@H]1CN(c2cccc(-c3cnc4cnc(C(F)(F)F)cn34)n2)C[C@@H](CNS(C)(=O)=O)C1(F)F.FC(F)c1cn2c(-c3cccc(Cl)n3)cnc2cn1. The zero-order valence-electron chi connectivity index (χ0n) is 27.6. The van der Waals surface area contributed by atoms with E-state index in [0.717, 1.165) is 18.6 Å². The summed E-state index contributed by atoms with van der Waals surface area (Å²) in [5, 5.41) is 0.329. The molecule has 0 unspecified atom stereocenters. The van der Waals surface area contributed by atoms with Crippen LogP contribution in [0.5, 0.6) is 0 Å². The topological polar surface area (TPSA) is 136 Å². The van der Waals surface area contributed by atoms with Gasteiger partial charge in [-0.3, -0.25) is 8.80 Å². The van der Waals surface area contributed by atoms with Gasteiger partial charge in [-0.2, -0.15) is 13.2 Å². The summed E-state index contributed by atoms with van der Waals surface area (Å²) in [5.41, 5.74) is 0.968. The van der Waals surface area contributed by atoms with Crippen LogP contribution in [0.15, 0.2) is 73.6 Å². The molecule has 1 saturated heterocycles. The minimum absolute atomic E-state index is 0.0336. The molecule has 6 aromatic rings. The van der Waals surface area contributed by atoms with Crippen molar-refractivity contribution in [1.82, 2.24) is 43.4 Å². The number of aromatic nitrogens is 8. The first kappa shape index (κ1) is 37.8. The van der Waals surface area contributed by atoms with Gasteiger partial charge < -0.3 is 4.90 Å². The third kappa shape index (κ3) is 8.33. The molecule has 0 aliphatic carbocycles. The number of alkyl halides is 7. The van der Waals surface area contributed by atoms with Crippen LogP contribution >= 0.6 is 11.6 Å². The second-order valence-corrected chi connectivity index (χ2v) is 14.4. The van der Waals surface area contributed by atoms with Crippen molar-refractivity contribution in [2.75, 3.05) is 30.8 Å². The molecule has 1 aliphatic rings. The van der Waals surface area contributed by atoms with E-state index in [1.165, 1.54) is 34.3 Å². The van der Waals surface area contributed by atoms with E-state index in [9.17, 15) is 39.2 Å². The number of nitrogens with zero attached hydrogens (tertiary/aromatic N) is 9. The molecule has 0 radical (unpaired) electrons. The molecular weight excluding hydrogens is 757 g/mol. The van der Waals surface area contributed by atoms with Crippen LogP contribution in [0.1, 0.15) is 24.7 Å². The number of hydrogen-bond donors (Lipinski definition) is 1. The second-order valence-electron chi connectivity index (χ2n) is 12.2. The van der Waals surface area contributed by atoms with Crippen LogP contribution in [-0.2, 0) is 16.2 Å². The van der Waals surface area contributed by atoms with Gasteiger partial charge >= 0.3 is 6.18 Å². The van der Waals surface area contributed by atoms with E-state index in [1.807, 2.05) is 0 Å². The van der Waals surface area contributed by atoms with Gasteiger partial charge in [0.05, 0.1) is 59.7 Å². The van der Waals surface area contributed by atoms with Gasteiger partial charge in [0.25, 0.3) is 12.3 Å². The molecule has 7 rings (SSSR count). The standard InChI is InChI=1S/C20H21F5N6O2S.C12H7ClF2N4/c1-12-9-30(10-13(19(12,21)22)6-28-34(2,32)33)17-5-3-4-14(29-17)15-7-27-18-8-26-16(11-31(15)18)20(23,24)25;13-10-3-1-2-7(18-10)9-4-17-11-5-16-8(12(14)15)6-19(9)11/h3-5,7-8,11-13,28H,6,9-10H2,1-2H3;1-6,12H/t12-,13+;/m0./s1. The normalized spacial score (nSPS) is 17.7. The Morgan fingerprint density at radius 2 is 1.49 bits per heavy atom. The highest BCUT2D eigenvalue weighted by Gasteiger charge is 2.49. The highest BCUT2D eigenvalue weighted by atomic mass is 35.5. The third-order valence-corrected chi connectivity index (χ3v) is 9.25. The van der Waals surface area contributed by atoms with Gasteiger partial charge in [0.2, 0.25) is 10.0 Å². The van der Waals surface area contributed by atoms with Crippen molar-refractivity contribution >= 4 is 38.7 Å². The average molecular weight is 785 g/mol. The van der Waals surface area contributed by atoms with E-state index in [1.54, 1.807) is 47.5 Å². The largest absolute Gasteiger partial charge is 0.434 e. The fraction of sp³-hybridized carbons (Fsp3) is 0.312. The second kappa shape index (κ2) is 14.5. The van der Waals surface area contributed by atoms with Crippen LogP contribution in [0.2, 0.25) is 5.15 Å². The van der Waals surface area contributed by atoms with E-state index in [4.69, 9.17) is 11.6 Å². The number of fused-ring (bicyclic) bond motifs is 2. The number of halogens is 8. The number of piperidine rings is 1. The maximum absolute atomic E-state index is 14.7. The zero-order valence-corrected chi connectivity index (χ0v) is 29.1. The van der Waals surface area contributed by atoms with Crippen LogP contribution in [-0.4, -0.2) is 78.9 Å². The lowest BCUT2D eigenvalue weighted by Gasteiger charge is -2.43. The van der Waals surface area contributed by atoms with Crippen LogP contribution in [0, 0.1) is 11.8 Å². The molecule has 2 atom stereocenters. The summed E-state index contributed by atoms with van der Waals surface area (Å²) in [4.78, 5) is 25.4. The van der Waals surface area contributed by atoms with Crippen LogP contribution < -0.4 is 9.62 Å². The number of imidazole rings is 2. The lowest BCUT2D eigenvalue weighted by molar-refractivity contribution is -0.141. The lowest BCUT2D eigenvalue weighted by Crippen LogP contribution is -2.56. The van der Waals surface area contributed by atoms with Crippen molar-refractivity contribution in [3.05, 3.63) is 90.1 Å². The number of sulfonamides is 1. The number of nitrogens with one attached hydrogen (secondary N) is 1. The first-order chi connectivity index (χ1) is 24.9. The molecule has 0 saturated carbocycles. The Balaban J connectivity index is 0.000000213. The van der Waals surface area contributed by atoms with E-state index in [2.05, 4.69) is 34.6 Å². The minimum Gasteiger partial charge on any atom is -0.356 e. The monoisotopic (exact) mass is 784 g/mol. The molecule has 0 spiro atoms. The van der Waals surface area contributed by atoms with Crippen molar-refractivity contribution < 1.29 is 39.2 Å². The molecule has 12 nitrogen and oxygen atoms in total. The lowest BCUT2D eigenvalue weighted by atomic mass is 9.86. The van der Waals surface area contributed by atoms with E-state index >= 15 is 0 Å². The molecule has 0 aromatic carbocycles. The van der Waals surface area contributed by atoms with Crippen LogP contribution in [0.25, 0.3) is 34.1 Å². The predicted molar refractivity (Wildman–Crippen MR) is 180 cm³/mol. The summed E-state index contributed by atoms with van der Waals surface area (Å²) in [6.07, 6.45) is 0.907.